The van der Waals surface area contributed by atoms with E-state index in [1.807, 2.05) is 0 Å². The number of nitrogens with two attached hydrogens (primary N) is 1. The van der Waals surface area contributed by atoms with Gasteiger partial charge in [0.1, 0.15) is 12.3 Å². The molecule has 0 saturated carbocycles. The lowest BCUT2D eigenvalue weighted by Crippen LogP contribution is -2.36. The number of halogens is 3. The number of amides is 1. The van der Waals surface area contributed by atoms with Crippen molar-refractivity contribution in [1.82, 2.24) is 5.32 Å². The van der Waals surface area contributed by atoms with Gasteiger partial charge in [0.25, 0.3) is 5.91 Å². The molecule has 0 aliphatic heterocycles. The van der Waals surface area contributed by atoms with E-state index in [1.165, 1.54) is 0 Å². The minimum absolute atomic E-state index is 0.425. The van der Waals surface area contributed by atoms with Gasteiger partial charge in [-0.05, 0) is 37.1 Å². The van der Waals surface area contributed by atoms with Crippen LogP contribution in [0.3, 0.4) is 0 Å². The van der Waals surface area contributed by atoms with Gasteiger partial charge in [-0.15, -0.1) is 0 Å². The van der Waals surface area contributed by atoms with Gasteiger partial charge in [-0.2, -0.15) is 13.2 Å². The van der Waals surface area contributed by atoms with Crippen LogP contribution in [-0.4, -0.2) is 25.2 Å². The fraction of sp³-hybridized carbons (Fsp3) is 0.417. The van der Waals surface area contributed by atoms with Crippen LogP contribution < -0.4 is 15.8 Å². The zero-order valence-electron chi connectivity index (χ0n) is 10.6. The quantitative estimate of drug-likeness (QED) is 0.826. The Balaban J connectivity index is 2.53. The molecule has 3 N–H and O–H groups in total. The number of anilines is 1. The molecule has 0 radical (unpaired) electrons. The number of benzene rings is 1. The Labute approximate surface area is 108 Å². The van der Waals surface area contributed by atoms with Gasteiger partial charge in [-0.3, -0.25) is 4.79 Å². The molecule has 0 unspecified atom stereocenters. The van der Waals surface area contributed by atoms with Crippen molar-refractivity contribution in [2.24, 2.45) is 0 Å². The van der Waals surface area contributed by atoms with Crippen LogP contribution in [0.15, 0.2) is 12.1 Å². The molecule has 1 amide bonds. The molecular weight excluding hydrogens is 261 g/mol. The van der Waals surface area contributed by atoms with Gasteiger partial charge < -0.3 is 15.8 Å². The molecule has 0 atom stereocenters. The van der Waals surface area contributed by atoms with Crippen molar-refractivity contribution in [3.8, 4) is 5.75 Å². The van der Waals surface area contributed by atoms with Gasteiger partial charge in [0, 0.05) is 5.69 Å². The first-order valence-corrected chi connectivity index (χ1v) is 5.52. The van der Waals surface area contributed by atoms with E-state index in [2.05, 4.69) is 0 Å². The molecule has 0 spiro atoms. The average Bonchev–Trinajstić information content (AvgIpc) is 2.28. The highest BCUT2D eigenvalue weighted by Gasteiger charge is 2.27. The van der Waals surface area contributed by atoms with E-state index in [0.29, 0.717) is 17.0 Å². The average molecular weight is 276 g/mol. The van der Waals surface area contributed by atoms with Crippen LogP contribution in [0.2, 0.25) is 0 Å². The van der Waals surface area contributed by atoms with Gasteiger partial charge >= 0.3 is 6.18 Å². The monoisotopic (exact) mass is 276 g/mol. The smallest absolute Gasteiger partial charge is 0.405 e. The van der Waals surface area contributed by atoms with Gasteiger partial charge in [0.15, 0.2) is 6.61 Å². The first-order chi connectivity index (χ1) is 8.69. The lowest BCUT2D eigenvalue weighted by molar-refractivity contribution is -0.139. The van der Waals surface area contributed by atoms with Crippen molar-refractivity contribution in [3.05, 3.63) is 23.3 Å². The van der Waals surface area contributed by atoms with Gasteiger partial charge in [-0.1, -0.05) is 0 Å². The minimum atomic E-state index is -4.43. The van der Waals surface area contributed by atoms with Crippen LogP contribution in [0, 0.1) is 13.8 Å². The minimum Gasteiger partial charge on any atom is -0.483 e. The summed E-state index contributed by atoms with van der Waals surface area (Å²) in [6.07, 6.45) is -4.43. The molecule has 0 heterocycles. The van der Waals surface area contributed by atoms with Gasteiger partial charge in [0.2, 0.25) is 0 Å². The third-order valence-electron chi connectivity index (χ3n) is 2.41. The summed E-state index contributed by atoms with van der Waals surface area (Å²) in [6.45, 7) is 1.67. The van der Waals surface area contributed by atoms with E-state index >= 15 is 0 Å². The number of carbonyl (C=O) groups is 1. The number of alkyl halides is 3. The number of nitrogens with one attached hydrogen (secondary N) is 1. The molecule has 0 aliphatic rings. The van der Waals surface area contributed by atoms with E-state index in [9.17, 15) is 18.0 Å². The summed E-state index contributed by atoms with van der Waals surface area (Å²) in [5.74, 6) is -0.403. The number of ether oxygens (including phenoxy) is 1. The molecule has 0 aromatic heterocycles. The normalized spacial score (nSPS) is 11.2. The maximum absolute atomic E-state index is 11.9. The Morgan fingerprint density at radius 2 is 1.95 bits per heavy atom. The van der Waals surface area contributed by atoms with E-state index in [0.717, 1.165) is 5.56 Å². The SMILES string of the molecule is Cc1cc(OCC(=O)NCC(F)(F)F)c(C)cc1N. The number of rotatable bonds is 4. The maximum atomic E-state index is 11.9. The Kier molecular flexibility index (Phi) is 4.63. The highest BCUT2D eigenvalue weighted by Crippen LogP contribution is 2.24. The van der Waals surface area contributed by atoms with E-state index < -0.39 is 25.2 Å². The standard InChI is InChI=1S/C12H15F3N2O2/c1-7-4-10(8(2)3-9(7)16)19-5-11(18)17-6-12(13,14)15/h3-4H,5-6,16H2,1-2H3,(H,17,18). The van der Waals surface area contributed by atoms with Crippen LogP contribution in [0.25, 0.3) is 0 Å². The summed E-state index contributed by atoms with van der Waals surface area (Å²) in [7, 11) is 0. The van der Waals surface area contributed by atoms with Crippen molar-refractivity contribution in [2.75, 3.05) is 18.9 Å². The predicted octanol–water partition coefficient (Wildman–Crippen LogP) is 1.94. The lowest BCUT2D eigenvalue weighted by Gasteiger charge is -2.12. The molecular formula is C12H15F3N2O2. The Morgan fingerprint density at radius 3 is 2.53 bits per heavy atom. The van der Waals surface area contributed by atoms with Gasteiger partial charge in [0.05, 0.1) is 0 Å². The Hall–Kier alpha value is -1.92. The fourth-order valence-corrected chi connectivity index (χ4v) is 1.36. The summed E-state index contributed by atoms with van der Waals surface area (Å²) in [4.78, 5) is 11.2. The molecule has 0 bridgehead atoms. The molecule has 4 nitrogen and oxygen atoms in total. The number of nitrogen functional groups attached to an aromatic ring is 1. The van der Waals surface area contributed by atoms with Crippen LogP contribution in [0.1, 0.15) is 11.1 Å². The molecule has 0 fully saturated rings. The van der Waals surface area contributed by atoms with Crippen molar-refractivity contribution >= 4 is 11.6 Å². The second kappa shape index (κ2) is 5.81. The summed E-state index contributed by atoms with van der Waals surface area (Å²) < 4.78 is 40.8. The first-order valence-electron chi connectivity index (χ1n) is 5.52. The highest BCUT2D eigenvalue weighted by molar-refractivity contribution is 5.77. The molecule has 0 aliphatic carbocycles. The van der Waals surface area contributed by atoms with E-state index in [1.54, 1.807) is 31.3 Å². The van der Waals surface area contributed by atoms with Crippen molar-refractivity contribution in [3.63, 3.8) is 0 Å². The molecule has 19 heavy (non-hydrogen) atoms. The van der Waals surface area contributed by atoms with E-state index in [-0.39, 0.29) is 0 Å². The third kappa shape index (κ3) is 5.07. The van der Waals surface area contributed by atoms with E-state index in [4.69, 9.17) is 10.5 Å². The third-order valence-corrected chi connectivity index (χ3v) is 2.41. The Morgan fingerprint density at radius 1 is 1.32 bits per heavy atom. The number of hydrogen-bond donors (Lipinski definition) is 2. The molecule has 1 rings (SSSR count). The van der Waals surface area contributed by atoms with Crippen LogP contribution >= 0.6 is 0 Å². The maximum Gasteiger partial charge on any atom is 0.405 e. The zero-order valence-corrected chi connectivity index (χ0v) is 10.6. The molecule has 106 valence electrons. The summed E-state index contributed by atoms with van der Waals surface area (Å²) in [5, 5.41) is 1.72. The van der Waals surface area contributed by atoms with Crippen LogP contribution in [0.5, 0.6) is 5.75 Å². The summed E-state index contributed by atoms with van der Waals surface area (Å²) >= 11 is 0. The predicted molar refractivity (Wildman–Crippen MR) is 64.9 cm³/mol. The topological polar surface area (TPSA) is 64.3 Å². The molecule has 1 aromatic carbocycles. The van der Waals surface area contributed by atoms with Crippen molar-refractivity contribution < 1.29 is 22.7 Å². The second-order valence-electron chi connectivity index (χ2n) is 4.15. The Bertz CT molecular complexity index is 473. The molecule has 1 aromatic rings. The van der Waals surface area contributed by atoms with Crippen LogP contribution in [0.4, 0.5) is 18.9 Å². The molecule has 0 saturated heterocycles. The molecule has 7 heteroatoms. The van der Waals surface area contributed by atoms with Crippen molar-refractivity contribution in [1.29, 1.82) is 0 Å². The second-order valence-corrected chi connectivity index (χ2v) is 4.15. The number of aryl methyl sites for hydroxylation is 2. The fourth-order valence-electron chi connectivity index (χ4n) is 1.36. The van der Waals surface area contributed by atoms with Gasteiger partial charge in [-0.25, -0.2) is 0 Å². The lowest BCUT2D eigenvalue weighted by atomic mass is 10.1. The highest BCUT2D eigenvalue weighted by atomic mass is 19.4. The summed E-state index contributed by atoms with van der Waals surface area (Å²) in [6, 6.07) is 3.32. The van der Waals surface area contributed by atoms with Crippen LogP contribution in [-0.2, 0) is 4.79 Å². The first kappa shape index (κ1) is 15.1. The number of hydrogen-bond acceptors (Lipinski definition) is 3. The zero-order chi connectivity index (χ0) is 14.6. The number of carbonyl (C=O) groups excluding carboxylic acids is 1. The summed E-state index contributed by atoms with van der Waals surface area (Å²) in [5.41, 5.74) is 7.76. The van der Waals surface area contributed by atoms with Crippen molar-refractivity contribution in [2.45, 2.75) is 20.0 Å². The largest absolute Gasteiger partial charge is 0.483 e.